The predicted molar refractivity (Wildman–Crippen MR) is 79.5 cm³/mol. The first-order valence-corrected chi connectivity index (χ1v) is 7.78. The number of hydrogen-bond donors (Lipinski definition) is 1. The number of H-pyrrole nitrogens is 1. The van der Waals surface area contributed by atoms with Crippen molar-refractivity contribution < 1.29 is 4.79 Å². The highest BCUT2D eigenvalue weighted by molar-refractivity contribution is 8.00. The van der Waals surface area contributed by atoms with Crippen LogP contribution in [0.2, 0.25) is 5.02 Å². The SMILES string of the molecule is CC(Sc1n[nH]c(C2CC2)n1)C(=O)c1cccc(Cl)c1. The van der Waals surface area contributed by atoms with Gasteiger partial charge in [-0.1, -0.05) is 35.5 Å². The molecule has 0 amide bonds. The molecule has 4 nitrogen and oxygen atoms in total. The third-order valence-corrected chi connectivity index (χ3v) is 4.40. The number of nitrogens with one attached hydrogen (secondary N) is 1. The molecular formula is C14H14ClN3OS. The minimum atomic E-state index is -0.240. The van der Waals surface area contributed by atoms with Gasteiger partial charge in [-0.05, 0) is 31.9 Å². The van der Waals surface area contributed by atoms with Gasteiger partial charge in [0.2, 0.25) is 5.16 Å². The maximum absolute atomic E-state index is 12.3. The van der Waals surface area contributed by atoms with Crippen LogP contribution in [0.25, 0.3) is 0 Å². The number of ketones is 1. The van der Waals surface area contributed by atoms with Gasteiger partial charge < -0.3 is 0 Å². The fraction of sp³-hybridized carbons (Fsp3) is 0.357. The third-order valence-electron chi connectivity index (χ3n) is 3.21. The first-order valence-electron chi connectivity index (χ1n) is 6.52. The topological polar surface area (TPSA) is 58.6 Å². The molecular weight excluding hydrogens is 294 g/mol. The molecule has 104 valence electrons. The quantitative estimate of drug-likeness (QED) is 0.676. The molecule has 20 heavy (non-hydrogen) atoms. The van der Waals surface area contributed by atoms with Crippen molar-refractivity contribution in [3.05, 3.63) is 40.7 Å². The lowest BCUT2D eigenvalue weighted by atomic mass is 10.1. The molecule has 0 saturated heterocycles. The monoisotopic (exact) mass is 307 g/mol. The van der Waals surface area contributed by atoms with Crippen molar-refractivity contribution in [2.45, 2.75) is 36.1 Å². The first-order chi connectivity index (χ1) is 9.63. The number of aromatic nitrogens is 3. The van der Waals surface area contributed by atoms with Gasteiger partial charge in [0.25, 0.3) is 0 Å². The van der Waals surface area contributed by atoms with Crippen LogP contribution in [-0.2, 0) is 0 Å². The zero-order chi connectivity index (χ0) is 14.1. The van der Waals surface area contributed by atoms with E-state index in [4.69, 9.17) is 11.6 Å². The van der Waals surface area contributed by atoms with Crippen LogP contribution in [0.5, 0.6) is 0 Å². The smallest absolute Gasteiger partial charge is 0.209 e. The number of aromatic amines is 1. The first kappa shape index (κ1) is 13.6. The third kappa shape index (κ3) is 3.04. The Hall–Kier alpha value is -1.33. The minimum Gasteiger partial charge on any atom is -0.293 e. The number of rotatable bonds is 5. The molecule has 1 aromatic carbocycles. The highest BCUT2D eigenvalue weighted by Crippen LogP contribution is 2.38. The molecule has 1 fully saturated rings. The van der Waals surface area contributed by atoms with E-state index >= 15 is 0 Å². The molecule has 1 heterocycles. The van der Waals surface area contributed by atoms with Gasteiger partial charge in [0, 0.05) is 16.5 Å². The number of halogens is 1. The highest BCUT2D eigenvalue weighted by Gasteiger charge is 2.28. The summed E-state index contributed by atoms with van der Waals surface area (Å²) in [6, 6.07) is 7.01. The normalized spacial score (nSPS) is 16.1. The summed E-state index contributed by atoms with van der Waals surface area (Å²) in [6.07, 6.45) is 2.35. The summed E-state index contributed by atoms with van der Waals surface area (Å²) in [7, 11) is 0. The van der Waals surface area contributed by atoms with Gasteiger partial charge in [0.1, 0.15) is 5.82 Å². The molecule has 1 unspecified atom stereocenters. The Kier molecular flexibility index (Phi) is 3.81. The van der Waals surface area contributed by atoms with Crippen molar-refractivity contribution in [3.63, 3.8) is 0 Å². The lowest BCUT2D eigenvalue weighted by molar-refractivity contribution is 0.0994. The van der Waals surface area contributed by atoms with E-state index in [1.807, 2.05) is 6.92 Å². The molecule has 1 N–H and O–H groups in total. The standard InChI is InChI=1S/C14H14ClN3OS/c1-8(12(19)10-3-2-4-11(15)7-10)20-14-16-13(17-18-14)9-5-6-9/h2-4,7-9H,5-6H2,1H3,(H,16,17,18). The molecule has 1 atom stereocenters. The maximum Gasteiger partial charge on any atom is 0.209 e. The summed E-state index contributed by atoms with van der Waals surface area (Å²) in [6.45, 7) is 1.86. The number of benzene rings is 1. The van der Waals surface area contributed by atoms with Crippen LogP contribution in [0.3, 0.4) is 0 Å². The van der Waals surface area contributed by atoms with Gasteiger partial charge in [-0.3, -0.25) is 9.89 Å². The van der Waals surface area contributed by atoms with Crippen LogP contribution >= 0.6 is 23.4 Å². The Morgan fingerprint density at radius 2 is 2.30 bits per heavy atom. The Bertz CT molecular complexity index is 639. The van der Waals surface area contributed by atoms with E-state index in [1.54, 1.807) is 24.3 Å². The number of hydrogen-bond acceptors (Lipinski definition) is 4. The van der Waals surface area contributed by atoms with E-state index in [9.17, 15) is 4.79 Å². The number of nitrogens with zero attached hydrogens (tertiary/aromatic N) is 2. The minimum absolute atomic E-state index is 0.0373. The summed E-state index contributed by atoms with van der Waals surface area (Å²) >= 11 is 7.28. The summed E-state index contributed by atoms with van der Waals surface area (Å²) in [5.41, 5.74) is 0.621. The molecule has 6 heteroatoms. The Morgan fingerprint density at radius 1 is 1.50 bits per heavy atom. The van der Waals surface area contributed by atoms with Crippen molar-refractivity contribution in [1.29, 1.82) is 0 Å². The van der Waals surface area contributed by atoms with Crippen LogP contribution in [-0.4, -0.2) is 26.2 Å². The van der Waals surface area contributed by atoms with Gasteiger partial charge in [0.05, 0.1) is 5.25 Å². The zero-order valence-electron chi connectivity index (χ0n) is 11.0. The second kappa shape index (κ2) is 5.58. The second-order valence-corrected chi connectivity index (χ2v) is 6.66. The predicted octanol–water partition coefficient (Wildman–Crippen LogP) is 3.70. The van der Waals surface area contributed by atoms with Crippen LogP contribution in [0.1, 0.15) is 41.9 Å². The number of carbonyl (C=O) groups excluding carboxylic acids is 1. The van der Waals surface area contributed by atoms with Gasteiger partial charge in [-0.25, -0.2) is 4.98 Å². The van der Waals surface area contributed by atoms with Crippen LogP contribution in [0.4, 0.5) is 0 Å². The molecule has 1 saturated carbocycles. The van der Waals surface area contributed by atoms with E-state index in [-0.39, 0.29) is 11.0 Å². The van der Waals surface area contributed by atoms with E-state index in [1.165, 1.54) is 24.6 Å². The summed E-state index contributed by atoms with van der Waals surface area (Å²) in [5.74, 6) is 1.51. The number of Topliss-reactive ketones (excluding diaryl/α,β-unsaturated/α-hetero) is 1. The van der Waals surface area contributed by atoms with Crippen molar-refractivity contribution in [3.8, 4) is 0 Å². The van der Waals surface area contributed by atoms with Gasteiger partial charge >= 0.3 is 0 Å². The number of thioether (sulfide) groups is 1. The molecule has 2 aromatic rings. The molecule has 0 bridgehead atoms. The van der Waals surface area contributed by atoms with Crippen molar-refractivity contribution >= 4 is 29.1 Å². The second-order valence-electron chi connectivity index (χ2n) is 4.91. The molecule has 0 radical (unpaired) electrons. The van der Waals surface area contributed by atoms with E-state index in [0.29, 0.717) is 21.7 Å². The Morgan fingerprint density at radius 3 is 3.00 bits per heavy atom. The van der Waals surface area contributed by atoms with Crippen LogP contribution in [0.15, 0.2) is 29.4 Å². The molecule has 1 aromatic heterocycles. The fourth-order valence-electron chi connectivity index (χ4n) is 1.94. The lowest BCUT2D eigenvalue weighted by Crippen LogP contribution is -2.13. The summed E-state index contributed by atoms with van der Waals surface area (Å²) < 4.78 is 0. The Balaban J connectivity index is 1.68. The van der Waals surface area contributed by atoms with Crippen molar-refractivity contribution in [1.82, 2.24) is 15.2 Å². The maximum atomic E-state index is 12.3. The molecule has 1 aliphatic carbocycles. The molecule has 0 aliphatic heterocycles. The van der Waals surface area contributed by atoms with Gasteiger partial charge in [-0.2, -0.15) is 0 Å². The largest absolute Gasteiger partial charge is 0.293 e. The van der Waals surface area contributed by atoms with Gasteiger partial charge in [0.15, 0.2) is 5.78 Å². The zero-order valence-corrected chi connectivity index (χ0v) is 12.5. The Labute approximate surface area is 126 Å². The summed E-state index contributed by atoms with van der Waals surface area (Å²) in [4.78, 5) is 16.7. The molecule has 3 rings (SSSR count). The van der Waals surface area contributed by atoms with E-state index in [2.05, 4.69) is 15.2 Å². The lowest BCUT2D eigenvalue weighted by Gasteiger charge is -2.07. The van der Waals surface area contributed by atoms with Crippen molar-refractivity contribution in [2.24, 2.45) is 0 Å². The fourth-order valence-corrected chi connectivity index (χ4v) is 2.94. The van der Waals surface area contributed by atoms with E-state index < -0.39 is 0 Å². The van der Waals surface area contributed by atoms with Gasteiger partial charge in [-0.15, -0.1) is 5.10 Å². The average molecular weight is 308 g/mol. The highest BCUT2D eigenvalue weighted by atomic mass is 35.5. The molecule has 0 spiro atoms. The van der Waals surface area contributed by atoms with Crippen LogP contribution < -0.4 is 0 Å². The number of carbonyl (C=O) groups is 1. The van der Waals surface area contributed by atoms with Crippen LogP contribution in [0, 0.1) is 0 Å². The summed E-state index contributed by atoms with van der Waals surface area (Å²) in [5, 5.41) is 8.07. The van der Waals surface area contributed by atoms with E-state index in [0.717, 1.165) is 5.82 Å². The average Bonchev–Trinajstić information content (AvgIpc) is 3.19. The molecule has 1 aliphatic rings. The van der Waals surface area contributed by atoms with Crippen molar-refractivity contribution in [2.75, 3.05) is 0 Å².